The Balaban J connectivity index is 1.11. The molecule has 0 aliphatic carbocycles. The molecule has 0 bridgehead atoms. The molecule has 2 aliphatic rings. The largest absolute Gasteiger partial charge is 0.371 e. The number of amides is 1. The minimum absolute atomic E-state index is 0.0564. The molecular formula is C24H28N4O3. The second-order valence-electron chi connectivity index (χ2n) is 8.41. The predicted molar refractivity (Wildman–Crippen MR) is 117 cm³/mol. The monoisotopic (exact) mass is 420 g/mol. The van der Waals surface area contributed by atoms with Crippen molar-refractivity contribution in [2.75, 3.05) is 26.3 Å². The summed E-state index contributed by atoms with van der Waals surface area (Å²) in [4.78, 5) is 23.2. The van der Waals surface area contributed by atoms with E-state index in [1.54, 1.807) is 6.20 Å². The first-order chi connectivity index (χ1) is 15.3. The van der Waals surface area contributed by atoms with Crippen molar-refractivity contribution in [3.05, 3.63) is 60.7 Å². The fourth-order valence-electron chi connectivity index (χ4n) is 4.52. The number of pyridine rings is 1. The van der Waals surface area contributed by atoms with Crippen LogP contribution in [0, 0.1) is 0 Å². The van der Waals surface area contributed by atoms with Gasteiger partial charge in [-0.05, 0) is 43.0 Å². The molecule has 2 aliphatic heterocycles. The van der Waals surface area contributed by atoms with Crippen LogP contribution in [-0.4, -0.2) is 63.9 Å². The van der Waals surface area contributed by atoms with E-state index >= 15 is 0 Å². The van der Waals surface area contributed by atoms with E-state index in [0.717, 1.165) is 30.3 Å². The number of unbranched alkanes of at least 4 members (excludes halogenated alkanes) is 1. The number of fused-ring (bicyclic) bond motifs is 2. The molecule has 0 N–H and O–H groups in total. The van der Waals surface area contributed by atoms with Crippen molar-refractivity contribution >= 4 is 16.9 Å². The summed E-state index contributed by atoms with van der Waals surface area (Å²) in [6.45, 7) is 2.36. The third kappa shape index (κ3) is 4.48. The molecule has 3 aromatic rings. The molecule has 2 atom stereocenters. The molecule has 1 amide bonds. The lowest BCUT2D eigenvalue weighted by Crippen LogP contribution is -2.31. The highest BCUT2D eigenvalue weighted by Crippen LogP contribution is 2.26. The van der Waals surface area contributed by atoms with Crippen molar-refractivity contribution in [1.29, 1.82) is 0 Å². The van der Waals surface area contributed by atoms with Gasteiger partial charge in [0, 0.05) is 31.9 Å². The fourth-order valence-corrected chi connectivity index (χ4v) is 4.52. The maximum absolute atomic E-state index is 12.7. The highest BCUT2D eigenvalue weighted by molar-refractivity contribution is 5.76. The third-order valence-electron chi connectivity index (χ3n) is 6.28. The summed E-state index contributed by atoms with van der Waals surface area (Å²) >= 11 is 0. The van der Waals surface area contributed by atoms with Gasteiger partial charge in [-0.3, -0.25) is 9.78 Å². The van der Waals surface area contributed by atoms with Crippen LogP contribution < -0.4 is 0 Å². The van der Waals surface area contributed by atoms with Gasteiger partial charge in [-0.25, -0.2) is 4.98 Å². The van der Waals surface area contributed by atoms with E-state index in [-0.39, 0.29) is 24.2 Å². The standard InChI is InChI=1S/C24H28N4O3/c29-24(10-4-1-6-18-7-5-11-25-12-18)27-13-22-23(14-27)31-16-19(15-30-22)28-17-26-20-8-2-3-9-21(20)28/h2-3,5,7-9,11-12,17,19,22-23H,1,4,6,10,13-16H2/t22-,23-/m0/s1. The Hall–Kier alpha value is -2.77. The number of carbonyl (C=O) groups excluding carboxylic acids is 1. The molecule has 2 saturated heterocycles. The van der Waals surface area contributed by atoms with E-state index in [0.29, 0.717) is 32.7 Å². The van der Waals surface area contributed by atoms with Crippen molar-refractivity contribution in [2.24, 2.45) is 0 Å². The van der Waals surface area contributed by atoms with Gasteiger partial charge in [0.2, 0.25) is 5.91 Å². The lowest BCUT2D eigenvalue weighted by atomic mass is 10.1. The van der Waals surface area contributed by atoms with Gasteiger partial charge in [0.05, 0.1) is 36.6 Å². The Morgan fingerprint density at radius 1 is 1.03 bits per heavy atom. The fraction of sp³-hybridized carbons (Fsp3) is 0.458. The first-order valence-corrected chi connectivity index (χ1v) is 11.1. The molecule has 5 rings (SSSR count). The highest BCUT2D eigenvalue weighted by Gasteiger charge is 2.39. The zero-order chi connectivity index (χ0) is 21.0. The van der Waals surface area contributed by atoms with Crippen LogP contribution in [0.25, 0.3) is 11.0 Å². The topological polar surface area (TPSA) is 69.5 Å². The number of aryl methyl sites for hydroxylation is 1. The van der Waals surface area contributed by atoms with Crippen LogP contribution in [0.15, 0.2) is 55.1 Å². The van der Waals surface area contributed by atoms with Gasteiger partial charge in [0.15, 0.2) is 0 Å². The summed E-state index contributed by atoms with van der Waals surface area (Å²) in [5.41, 5.74) is 3.29. The Morgan fingerprint density at radius 2 is 1.84 bits per heavy atom. The third-order valence-corrected chi connectivity index (χ3v) is 6.28. The Morgan fingerprint density at radius 3 is 2.61 bits per heavy atom. The van der Waals surface area contributed by atoms with E-state index in [4.69, 9.17) is 9.47 Å². The smallest absolute Gasteiger partial charge is 0.222 e. The first kappa shape index (κ1) is 20.2. The lowest BCUT2D eigenvalue weighted by Gasteiger charge is -2.20. The number of ether oxygens (including phenoxy) is 2. The summed E-state index contributed by atoms with van der Waals surface area (Å²) < 4.78 is 14.5. The molecule has 0 spiro atoms. The molecule has 0 radical (unpaired) electrons. The molecule has 2 aromatic heterocycles. The van der Waals surface area contributed by atoms with Crippen LogP contribution in [0.2, 0.25) is 0 Å². The van der Waals surface area contributed by atoms with Gasteiger partial charge in [-0.1, -0.05) is 18.2 Å². The summed E-state index contributed by atoms with van der Waals surface area (Å²) in [7, 11) is 0. The quantitative estimate of drug-likeness (QED) is 0.574. The van der Waals surface area contributed by atoms with E-state index in [1.807, 2.05) is 41.7 Å². The molecule has 31 heavy (non-hydrogen) atoms. The summed E-state index contributed by atoms with van der Waals surface area (Å²) in [6.07, 6.45) is 8.84. The molecule has 7 heteroatoms. The maximum Gasteiger partial charge on any atom is 0.222 e. The zero-order valence-corrected chi connectivity index (χ0v) is 17.6. The molecule has 2 fully saturated rings. The van der Waals surface area contributed by atoms with E-state index in [9.17, 15) is 4.79 Å². The van der Waals surface area contributed by atoms with Crippen molar-refractivity contribution in [1.82, 2.24) is 19.4 Å². The number of hydrogen-bond acceptors (Lipinski definition) is 5. The van der Waals surface area contributed by atoms with E-state index in [1.165, 1.54) is 5.56 Å². The first-order valence-electron chi connectivity index (χ1n) is 11.1. The van der Waals surface area contributed by atoms with Gasteiger partial charge >= 0.3 is 0 Å². The molecule has 162 valence electrons. The number of imidazole rings is 1. The average Bonchev–Trinajstić information content (AvgIpc) is 3.37. The van der Waals surface area contributed by atoms with Crippen molar-refractivity contribution in [3.63, 3.8) is 0 Å². The van der Waals surface area contributed by atoms with Crippen molar-refractivity contribution < 1.29 is 14.3 Å². The molecular weight excluding hydrogens is 392 g/mol. The second-order valence-corrected chi connectivity index (χ2v) is 8.41. The Bertz CT molecular complexity index is 1010. The van der Waals surface area contributed by atoms with Gasteiger partial charge in [-0.2, -0.15) is 0 Å². The van der Waals surface area contributed by atoms with Crippen LogP contribution >= 0.6 is 0 Å². The van der Waals surface area contributed by atoms with Crippen LogP contribution in [0.3, 0.4) is 0 Å². The number of carbonyl (C=O) groups is 1. The van der Waals surface area contributed by atoms with Crippen LogP contribution in [0.5, 0.6) is 0 Å². The maximum atomic E-state index is 12.7. The number of nitrogens with zero attached hydrogens (tertiary/aromatic N) is 4. The lowest BCUT2D eigenvalue weighted by molar-refractivity contribution is -0.131. The number of aromatic nitrogens is 3. The van der Waals surface area contributed by atoms with Crippen LogP contribution in [-0.2, 0) is 20.7 Å². The summed E-state index contributed by atoms with van der Waals surface area (Å²) in [5, 5.41) is 0. The second kappa shape index (κ2) is 9.16. The van der Waals surface area contributed by atoms with Gasteiger partial charge in [0.25, 0.3) is 0 Å². The molecule has 4 heterocycles. The normalized spacial score (nSPS) is 21.9. The zero-order valence-electron chi connectivity index (χ0n) is 17.6. The van der Waals surface area contributed by atoms with Gasteiger partial charge in [-0.15, -0.1) is 0 Å². The number of rotatable bonds is 6. The Labute approximate surface area is 182 Å². The van der Waals surface area contributed by atoms with Gasteiger partial charge < -0.3 is 18.9 Å². The van der Waals surface area contributed by atoms with Crippen molar-refractivity contribution in [2.45, 2.75) is 43.9 Å². The van der Waals surface area contributed by atoms with E-state index < -0.39 is 0 Å². The molecule has 0 saturated carbocycles. The minimum atomic E-state index is -0.0564. The molecule has 0 unspecified atom stereocenters. The SMILES string of the molecule is O=C(CCCCc1cccnc1)N1C[C@@H]2OCC(n3cnc4ccccc43)CO[C@H]2C1. The number of likely N-dealkylation sites (tertiary alicyclic amines) is 1. The van der Waals surface area contributed by atoms with Crippen molar-refractivity contribution in [3.8, 4) is 0 Å². The highest BCUT2D eigenvalue weighted by atomic mass is 16.6. The Kier molecular flexibility index (Phi) is 5.95. The van der Waals surface area contributed by atoms with Crippen LogP contribution in [0.4, 0.5) is 0 Å². The molecule has 1 aromatic carbocycles. The summed E-state index contributed by atoms with van der Waals surface area (Å²) in [5.74, 6) is 0.198. The van der Waals surface area contributed by atoms with Crippen LogP contribution in [0.1, 0.15) is 30.9 Å². The number of benzene rings is 1. The number of para-hydroxylation sites is 2. The van der Waals surface area contributed by atoms with E-state index in [2.05, 4.69) is 26.7 Å². The minimum Gasteiger partial charge on any atom is -0.371 e. The molecule has 7 nitrogen and oxygen atoms in total. The average molecular weight is 421 g/mol. The van der Waals surface area contributed by atoms with Gasteiger partial charge in [0.1, 0.15) is 12.2 Å². The summed E-state index contributed by atoms with van der Waals surface area (Å²) in [6, 6.07) is 12.2. The number of hydrogen-bond donors (Lipinski definition) is 0. The predicted octanol–water partition coefficient (Wildman–Crippen LogP) is 3.01.